The van der Waals surface area contributed by atoms with E-state index in [1.807, 2.05) is 6.92 Å². The minimum absolute atomic E-state index is 0.166. The maximum atomic E-state index is 13.4. The average molecular weight is 377 g/mol. The molecule has 8 atom stereocenters. The van der Waals surface area contributed by atoms with E-state index < -0.39 is 5.79 Å². The summed E-state index contributed by atoms with van der Waals surface area (Å²) in [5.74, 6) is 3.86. The van der Waals surface area contributed by atoms with Crippen molar-refractivity contribution in [2.45, 2.75) is 92.0 Å². The third kappa shape index (κ3) is 3.03. The predicted octanol–water partition coefficient (Wildman–Crippen LogP) is 5.47. The average Bonchev–Trinajstić information content (AvgIpc) is 2.59. The van der Waals surface area contributed by atoms with Gasteiger partial charge in [-0.15, -0.1) is 0 Å². The largest absolute Gasteiger partial charge is 0.350 e. The Labute approximate surface area is 165 Å². The van der Waals surface area contributed by atoms with Crippen LogP contribution in [0.3, 0.4) is 0 Å². The highest BCUT2D eigenvalue weighted by Gasteiger charge is 2.65. The molecule has 3 saturated carbocycles. The lowest BCUT2D eigenvalue weighted by Crippen LogP contribution is -2.66. The van der Waals surface area contributed by atoms with Crippen LogP contribution in [0, 0.1) is 46.8 Å². The van der Waals surface area contributed by atoms with Gasteiger partial charge in [-0.05, 0) is 76.0 Å². The molecule has 4 aliphatic rings. The molecule has 1 heterocycles. The molecular formula is C24H40O3. The van der Waals surface area contributed by atoms with E-state index in [9.17, 15) is 4.79 Å². The van der Waals surface area contributed by atoms with Gasteiger partial charge in [0.1, 0.15) is 5.78 Å². The summed E-state index contributed by atoms with van der Waals surface area (Å²) in [5.41, 5.74) is -0.166. The molecule has 0 radical (unpaired) electrons. The highest BCUT2D eigenvalue weighted by Crippen LogP contribution is 2.65. The number of rotatable bonds is 2. The fraction of sp³-hybridized carbons (Fsp3) is 0.958. The number of Topliss-reactive ketones (excluding diaryl/α,β-unsaturated/α-hetero) is 1. The molecule has 3 heteroatoms. The molecule has 0 N–H and O–H groups in total. The van der Waals surface area contributed by atoms with Crippen molar-refractivity contribution in [3.05, 3.63) is 0 Å². The van der Waals surface area contributed by atoms with Gasteiger partial charge < -0.3 is 9.47 Å². The van der Waals surface area contributed by atoms with Crippen LogP contribution >= 0.6 is 0 Å². The normalized spacial score (nSPS) is 49.1. The minimum Gasteiger partial charge on any atom is -0.350 e. The number of hydrogen-bond donors (Lipinski definition) is 0. The van der Waals surface area contributed by atoms with Crippen molar-refractivity contribution in [3.8, 4) is 0 Å². The molecule has 0 unspecified atom stereocenters. The molecule has 1 saturated heterocycles. The zero-order chi connectivity index (χ0) is 19.6. The van der Waals surface area contributed by atoms with Crippen LogP contribution in [0.4, 0.5) is 0 Å². The maximum Gasteiger partial charge on any atom is 0.163 e. The first-order chi connectivity index (χ1) is 12.7. The van der Waals surface area contributed by atoms with Gasteiger partial charge in [-0.1, -0.05) is 33.6 Å². The molecule has 0 spiro atoms. The second-order valence-corrected chi connectivity index (χ2v) is 11.0. The first kappa shape index (κ1) is 19.9. The Morgan fingerprint density at radius 1 is 1.15 bits per heavy atom. The van der Waals surface area contributed by atoms with Crippen LogP contribution in [-0.4, -0.2) is 24.3 Å². The van der Waals surface area contributed by atoms with Crippen molar-refractivity contribution < 1.29 is 14.3 Å². The summed E-state index contributed by atoms with van der Waals surface area (Å²) >= 11 is 0. The number of ether oxygens (including phenoxy) is 2. The van der Waals surface area contributed by atoms with E-state index in [2.05, 4.69) is 34.6 Å². The highest BCUT2D eigenvalue weighted by molar-refractivity contribution is 5.83. The molecule has 0 amide bonds. The second-order valence-electron chi connectivity index (χ2n) is 11.0. The van der Waals surface area contributed by atoms with Crippen molar-refractivity contribution in [1.29, 1.82) is 0 Å². The van der Waals surface area contributed by atoms with Crippen molar-refractivity contribution >= 4 is 5.78 Å². The smallest absolute Gasteiger partial charge is 0.163 e. The Balaban J connectivity index is 1.86. The lowest BCUT2D eigenvalue weighted by Gasteiger charge is -2.64. The van der Waals surface area contributed by atoms with Gasteiger partial charge in [-0.3, -0.25) is 4.79 Å². The molecular weight excluding hydrogens is 336 g/mol. The zero-order valence-electron chi connectivity index (χ0n) is 18.3. The van der Waals surface area contributed by atoms with Gasteiger partial charge in [-0.25, -0.2) is 0 Å². The van der Waals surface area contributed by atoms with Crippen molar-refractivity contribution in [2.24, 2.45) is 46.8 Å². The van der Waals surface area contributed by atoms with E-state index in [-0.39, 0.29) is 11.5 Å². The first-order valence-corrected chi connectivity index (χ1v) is 11.5. The van der Waals surface area contributed by atoms with E-state index >= 15 is 0 Å². The molecule has 4 fully saturated rings. The van der Waals surface area contributed by atoms with E-state index in [0.717, 1.165) is 19.4 Å². The molecule has 4 bridgehead atoms. The summed E-state index contributed by atoms with van der Waals surface area (Å²) in [5, 5.41) is 0. The molecule has 27 heavy (non-hydrogen) atoms. The number of carbonyl (C=O) groups excluding carboxylic acids is 1. The van der Waals surface area contributed by atoms with E-state index in [0.29, 0.717) is 47.2 Å². The lowest BCUT2D eigenvalue weighted by molar-refractivity contribution is -0.334. The van der Waals surface area contributed by atoms with Crippen LogP contribution in [0.1, 0.15) is 80.1 Å². The summed E-state index contributed by atoms with van der Waals surface area (Å²) < 4.78 is 12.7. The number of ketones is 1. The standard InChI is InChI=1S/C24H40O3/c1-14(2)18-10-9-15(3)19-8-7-11-24(16(4)25)20(18)12-17-13-26-23(5,6)27-22(17)21(19)24/h14-15,17-22H,7-13H2,1-6H3/t15-,17+,18-,19+,20+,21+,22-,24+/m1/s1. The van der Waals surface area contributed by atoms with Gasteiger partial charge in [0.2, 0.25) is 0 Å². The third-order valence-electron chi connectivity index (χ3n) is 9.00. The first-order valence-electron chi connectivity index (χ1n) is 11.5. The molecule has 1 aliphatic heterocycles. The topological polar surface area (TPSA) is 35.5 Å². The Morgan fingerprint density at radius 3 is 2.56 bits per heavy atom. The highest BCUT2D eigenvalue weighted by atomic mass is 16.7. The quantitative estimate of drug-likeness (QED) is 0.641. The van der Waals surface area contributed by atoms with Crippen LogP contribution in [0.25, 0.3) is 0 Å². The Morgan fingerprint density at radius 2 is 1.89 bits per heavy atom. The van der Waals surface area contributed by atoms with Gasteiger partial charge in [0.05, 0.1) is 12.7 Å². The Hall–Kier alpha value is -0.410. The van der Waals surface area contributed by atoms with E-state index in [4.69, 9.17) is 9.47 Å². The van der Waals surface area contributed by atoms with Gasteiger partial charge in [0.15, 0.2) is 5.79 Å². The summed E-state index contributed by atoms with van der Waals surface area (Å²) in [4.78, 5) is 13.4. The van der Waals surface area contributed by atoms with Gasteiger partial charge >= 0.3 is 0 Å². The summed E-state index contributed by atoms with van der Waals surface area (Å²) in [6.07, 6.45) is 7.46. The molecule has 0 aromatic carbocycles. The monoisotopic (exact) mass is 376 g/mol. The molecule has 0 aromatic rings. The van der Waals surface area contributed by atoms with Crippen LogP contribution in [0.2, 0.25) is 0 Å². The van der Waals surface area contributed by atoms with E-state index in [1.165, 1.54) is 25.7 Å². The van der Waals surface area contributed by atoms with Crippen LogP contribution in [-0.2, 0) is 14.3 Å². The second kappa shape index (κ2) is 6.83. The van der Waals surface area contributed by atoms with Crippen molar-refractivity contribution in [2.75, 3.05) is 6.61 Å². The van der Waals surface area contributed by atoms with Gasteiger partial charge in [-0.2, -0.15) is 0 Å². The molecule has 154 valence electrons. The van der Waals surface area contributed by atoms with Gasteiger partial charge in [0.25, 0.3) is 0 Å². The van der Waals surface area contributed by atoms with Crippen LogP contribution in [0.5, 0.6) is 0 Å². The van der Waals surface area contributed by atoms with Crippen LogP contribution < -0.4 is 0 Å². The predicted molar refractivity (Wildman–Crippen MR) is 107 cm³/mol. The summed E-state index contributed by atoms with van der Waals surface area (Å²) in [6, 6.07) is 0. The SMILES string of the molecule is CC(=O)[C@]12CCC[C@@H]3[C@H]1[C@@H]1OC(C)(C)OC[C@@H]1C[C@H]2[C@@H](C(C)C)CC[C@H]3C. The molecule has 3 aliphatic carbocycles. The third-order valence-corrected chi connectivity index (χ3v) is 9.00. The minimum atomic E-state index is -0.524. The van der Waals surface area contributed by atoms with E-state index in [1.54, 1.807) is 0 Å². The molecule has 0 aromatic heterocycles. The Kier molecular flexibility index (Phi) is 5.03. The number of hydrogen-bond acceptors (Lipinski definition) is 3. The van der Waals surface area contributed by atoms with Crippen molar-refractivity contribution in [3.63, 3.8) is 0 Å². The summed E-state index contributed by atoms with van der Waals surface area (Å²) in [7, 11) is 0. The number of fused-ring (bicyclic) bond motifs is 1. The maximum absolute atomic E-state index is 13.4. The fourth-order valence-corrected chi connectivity index (χ4v) is 7.83. The van der Waals surface area contributed by atoms with Gasteiger partial charge in [0, 0.05) is 17.3 Å². The zero-order valence-corrected chi connectivity index (χ0v) is 18.3. The van der Waals surface area contributed by atoms with Crippen molar-refractivity contribution in [1.82, 2.24) is 0 Å². The fourth-order valence-electron chi connectivity index (χ4n) is 7.83. The lowest BCUT2D eigenvalue weighted by atomic mass is 9.42. The Bertz CT molecular complexity index is 582. The molecule has 3 nitrogen and oxygen atoms in total. The number of carbonyl (C=O) groups is 1. The molecule has 4 rings (SSSR count). The summed E-state index contributed by atoms with van der Waals surface area (Å²) in [6.45, 7) is 14.0. The van der Waals surface area contributed by atoms with Crippen LogP contribution in [0.15, 0.2) is 0 Å².